The largest absolute Gasteiger partial charge is 0.496 e. The van der Waals surface area contributed by atoms with Crippen LogP contribution in [-0.2, 0) is 4.74 Å². The van der Waals surface area contributed by atoms with Gasteiger partial charge in [0.05, 0.1) is 19.4 Å². The zero-order valence-corrected chi connectivity index (χ0v) is 12.2. The van der Waals surface area contributed by atoms with Gasteiger partial charge in [-0.05, 0) is 19.1 Å². The second-order valence-corrected chi connectivity index (χ2v) is 5.10. The number of para-hydroxylation sites is 1. The van der Waals surface area contributed by atoms with Gasteiger partial charge in [-0.15, -0.1) is 11.3 Å². The second-order valence-electron chi connectivity index (χ2n) is 4.24. The molecule has 5 heteroatoms. The van der Waals surface area contributed by atoms with Crippen LogP contribution in [0.25, 0.3) is 11.3 Å². The number of hydrogen-bond donors (Lipinski definition) is 1. The van der Waals surface area contributed by atoms with Crippen molar-refractivity contribution in [3.05, 3.63) is 29.6 Å². The maximum absolute atomic E-state index is 5.35. The second kappa shape index (κ2) is 6.54. The Bertz CT molecular complexity index is 528. The van der Waals surface area contributed by atoms with Gasteiger partial charge in [0.25, 0.3) is 0 Å². The minimum absolute atomic E-state index is 0.238. The first kappa shape index (κ1) is 13.8. The highest BCUT2D eigenvalue weighted by Crippen LogP contribution is 2.31. The fourth-order valence-corrected chi connectivity index (χ4v) is 2.65. The van der Waals surface area contributed by atoms with E-state index in [0.717, 1.165) is 22.1 Å². The van der Waals surface area contributed by atoms with Crippen LogP contribution in [0.1, 0.15) is 6.92 Å². The van der Waals surface area contributed by atoms with Crippen LogP contribution in [0.4, 0.5) is 5.13 Å². The van der Waals surface area contributed by atoms with Gasteiger partial charge in [-0.25, -0.2) is 4.98 Å². The summed E-state index contributed by atoms with van der Waals surface area (Å²) in [7, 11) is 3.37. The van der Waals surface area contributed by atoms with Crippen LogP contribution in [0.5, 0.6) is 5.75 Å². The van der Waals surface area contributed by atoms with Crippen molar-refractivity contribution in [2.75, 3.05) is 26.1 Å². The number of methoxy groups -OCH3 is 2. The number of hydrogen-bond acceptors (Lipinski definition) is 5. The third kappa shape index (κ3) is 3.45. The molecule has 0 bridgehead atoms. The van der Waals surface area contributed by atoms with Crippen LogP contribution in [0.3, 0.4) is 0 Å². The van der Waals surface area contributed by atoms with Crippen molar-refractivity contribution in [3.8, 4) is 17.0 Å². The quantitative estimate of drug-likeness (QED) is 0.880. The monoisotopic (exact) mass is 278 g/mol. The molecule has 0 aliphatic heterocycles. The predicted molar refractivity (Wildman–Crippen MR) is 79.1 cm³/mol. The van der Waals surface area contributed by atoms with Crippen LogP contribution < -0.4 is 10.1 Å². The number of rotatable bonds is 6. The molecule has 0 aliphatic carbocycles. The summed E-state index contributed by atoms with van der Waals surface area (Å²) in [5.74, 6) is 0.837. The van der Waals surface area contributed by atoms with Gasteiger partial charge in [-0.3, -0.25) is 0 Å². The molecule has 0 spiro atoms. The lowest BCUT2D eigenvalue weighted by Crippen LogP contribution is -2.20. The van der Waals surface area contributed by atoms with Crippen LogP contribution in [-0.4, -0.2) is 31.9 Å². The first-order chi connectivity index (χ1) is 9.24. The minimum Gasteiger partial charge on any atom is -0.496 e. The van der Waals surface area contributed by atoms with E-state index in [1.54, 1.807) is 25.6 Å². The molecule has 4 nitrogen and oxygen atoms in total. The smallest absolute Gasteiger partial charge is 0.183 e. The molecule has 0 amide bonds. The lowest BCUT2D eigenvalue weighted by Gasteiger charge is -2.10. The number of anilines is 1. The fraction of sp³-hybridized carbons (Fsp3) is 0.357. The average Bonchev–Trinajstić information content (AvgIpc) is 2.87. The van der Waals surface area contributed by atoms with Gasteiger partial charge in [0, 0.05) is 24.1 Å². The summed E-state index contributed by atoms with van der Waals surface area (Å²) in [6, 6.07) is 8.12. The maximum Gasteiger partial charge on any atom is 0.183 e. The third-order valence-electron chi connectivity index (χ3n) is 2.67. The van der Waals surface area contributed by atoms with Gasteiger partial charge in [-0.2, -0.15) is 0 Å². The van der Waals surface area contributed by atoms with E-state index in [9.17, 15) is 0 Å². The molecule has 0 aliphatic rings. The van der Waals surface area contributed by atoms with Crippen molar-refractivity contribution in [2.24, 2.45) is 0 Å². The Balaban J connectivity index is 2.16. The van der Waals surface area contributed by atoms with E-state index in [2.05, 4.69) is 17.2 Å². The Hall–Kier alpha value is -1.59. The van der Waals surface area contributed by atoms with Gasteiger partial charge < -0.3 is 14.8 Å². The SMILES string of the molecule is COC[C@@H](C)Nc1nc(-c2ccccc2OC)cs1. The molecular weight excluding hydrogens is 260 g/mol. The molecule has 19 heavy (non-hydrogen) atoms. The summed E-state index contributed by atoms with van der Waals surface area (Å²) in [5, 5.41) is 6.23. The molecule has 1 atom stereocenters. The predicted octanol–water partition coefficient (Wildman–Crippen LogP) is 3.27. The zero-order valence-electron chi connectivity index (χ0n) is 11.3. The summed E-state index contributed by atoms with van der Waals surface area (Å²) in [6.45, 7) is 2.72. The maximum atomic E-state index is 5.35. The molecule has 0 saturated heterocycles. The van der Waals surface area contributed by atoms with E-state index in [1.807, 2.05) is 29.6 Å². The van der Waals surface area contributed by atoms with Crippen molar-refractivity contribution >= 4 is 16.5 Å². The van der Waals surface area contributed by atoms with Crippen molar-refractivity contribution in [1.82, 2.24) is 4.98 Å². The summed E-state index contributed by atoms with van der Waals surface area (Å²) < 4.78 is 10.5. The van der Waals surface area contributed by atoms with Gasteiger partial charge in [0.15, 0.2) is 5.13 Å². The number of aromatic nitrogens is 1. The normalized spacial score (nSPS) is 12.2. The molecule has 1 aromatic heterocycles. The summed E-state index contributed by atoms with van der Waals surface area (Å²) >= 11 is 1.58. The Labute approximate surface area is 117 Å². The van der Waals surface area contributed by atoms with Gasteiger partial charge in [0.1, 0.15) is 5.75 Å². The van der Waals surface area contributed by atoms with Crippen molar-refractivity contribution in [1.29, 1.82) is 0 Å². The summed E-state index contributed by atoms with van der Waals surface area (Å²) in [6.07, 6.45) is 0. The van der Waals surface area contributed by atoms with E-state index in [4.69, 9.17) is 9.47 Å². The van der Waals surface area contributed by atoms with E-state index >= 15 is 0 Å². The molecule has 0 saturated carbocycles. The van der Waals surface area contributed by atoms with Crippen LogP contribution in [0, 0.1) is 0 Å². The summed E-state index contributed by atoms with van der Waals surface area (Å²) in [4.78, 5) is 4.58. The standard InChI is InChI=1S/C14H18N2O2S/c1-10(8-17-2)15-14-16-12(9-19-14)11-6-4-5-7-13(11)18-3/h4-7,9-10H,8H2,1-3H3,(H,15,16)/t10-/m1/s1. The lowest BCUT2D eigenvalue weighted by molar-refractivity contribution is 0.190. The molecule has 102 valence electrons. The Kier molecular flexibility index (Phi) is 4.76. The fourth-order valence-electron chi connectivity index (χ4n) is 1.82. The first-order valence-corrected chi connectivity index (χ1v) is 6.97. The van der Waals surface area contributed by atoms with E-state index in [0.29, 0.717) is 6.61 Å². The van der Waals surface area contributed by atoms with Crippen molar-refractivity contribution < 1.29 is 9.47 Å². The molecule has 1 aromatic carbocycles. The van der Waals surface area contributed by atoms with Crippen LogP contribution >= 0.6 is 11.3 Å². The Morgan fingerprint density at radius 3 is 2.84 bits per heavy atom. The highest BCUT2D eigenvalue weighted by atomic mass is 32.1. The van der Waals surface area contributed by atoms with Crippen LogP contribution in [0.15, 0.2) is 29.6 Å². The molecule has 2 rings (SSSR count). The number of thiazole rings is 1. The molecule has 0 unspecified atom stereocenters. The topological polar surface area (TPSA) is 43.4 Å². The van der Waals surface area contributed by atoms with E-state index in [-0.39, 0.29) is 6.04 Å². The van der Waals surface area contributed by atoms with E-state index < -0.39 is 0 Å². The molecule has 1 N–H and O–H groups in total. The average molecular weight is 278 g/mol. The molecule has 0 fully saturated rings. The minimum atomic E-state index is 0.238. The number of nitrogens with one attached hydrogen (secondary N) is 1. The van der Waals surface area contributed by atoms with Crippen molar-refractivity contribution in [3.63, 3.8) is 0 Å². The Morgan fingerprint density at radius 2 is 2.11 bits per heavy atom. The Morgan fingerprint density at radius 1 is 1.32 bits per heavy atom. The third-order valence-corrected chi connectivity index (χ3v) is 3.45. The lowest BCUT2D eigenvalue weighted by atomic mass is 10.1. The highest BCUT2D eigenvalue weighted by molar-refractivity contribution is 7.14. The van der Waals surface area contributed by atoms with Gasteiger partial charge in [0.2, 0.25) is 0 Å². The molecule has 1 heterocycles. The van der Waals surface area contributed by atoms with Gasteiger partial charge >= 0.3 is 0 Å². The molecular formula is C14H18N2O2S. The number of ether oxygens (including phenoxy) is 2. The van der Waals surface area contributed by atoms with Crippen molar-refractivity contribution in [2.45, 2.75) is 13.0 Å². The van der Waals surface area contributed by atoms with Gasteiger partial charge in [-0.1, -0.05) is 12.1 Å². The highest BCUT2D eigenvalue weighted by Gasteiger charge is 2.10. The zero-order chi connectivity index (χ0) is 13.7. The molecule has 2 aromatic rings. The number of nitrogens with zero attached hydrogens (tertiary/aromatic N) is 1. The summed E-state index contributed by atoms with van der Waals surface area (Å²) in [5.41, 5.74) is 1.93. The first-order valence-electron chi connectivity index (χ1n) is 6.09. The molecule has 0 radical (unpaired) electrons. The number of benzene rings is 1. The van der Waals surface area contributed by atoms with Crippen LogP contribution in [0.2, 0.25) is 0 Å². The van der Waals surface area contributed by atoms with E-state index in [1.165, 1.54) is 0 Å².